The Morgan fingerprint density at radius 3 is 2.21 bits per heavy atom. The Morgan fingerprint density at radius 2 is 1.59 bits per heavy atom. The van der Waals surface area contributed by atoms with Crippen molar-refractivity contribution in [2.24, 2.45) is 0 Å². The third kappa shape index (κ3) is 6.78. The average molecular weight is 466 g/mol. The minimum atomic E-state index is -0.487. The highest BCUT2D eigenvalue weighted by Gasteiger charge is 2.35. The molecule has 4 rings (SSSR count). The summed E-state index contributed by atoms with van der Waals surface area (Å²) in [6.45, 7) is 7.50. The fourth-order valence-electron chi connectivity index (χ4n) is 5.33. The number of aliphatic hydroxyl groups is 1. The first-order valence-corrected chi connectivity index (χ1v) is 12.7. The Bertz CT molecular complexity index is 603. The topological polar surface area (TPSA) is 26.7 Å². The predicted molar refractivity (Wildman–Crippen MR) is 127 cm³/mol. The Hall–Kier alpha value is -0.420. The molecular weight excluding hydrogens is 424 g/mol. The van der Waals surface area contributed by atoms with E-state index in [1.807, 2.05) is 12.1 Å². The van der Waals surface area contributed by atoms with E-state index < -0.39 is 5.60 Å². The summed E-state index contributed by atoms with van der Waals surface area (Å²) in [5.74, 6) is 0.227. The molecule has 2 saturated heterocycles. The van der Waals surface area contributed by atoms with Crippen LogP contribution in [0, 0.1) is 0 Å². The van der Waals surface area contributed by atoms with Crippen LogP contribution in [0.15, 0.2) is 28.7 Å². The molecule has 1 aliphatic carbocycles. The first-order chi connectivity index (χ1) is 14.0. The second-order valence-electron chi connectivity index (χ2n) is 9.57. The van der Waals surface area contributed by atoms with Gasteiger partial charge in [0.1, 0.15) is 0 Å². The Labute approximate surface area is 187 Å². The summed E-state index contributed by atoms with van der Waals surface area (Å²) in [5.41, 5.74) is 0.748. The number of hydrogen-bond acceptors (Lipinski definition) is 3. The van der Waals surface area contributed by atoms with Gasteiger partial charge in [0.15, 0.2) is 0 Å². The van der Waals surface area contributed by atoms with Crippen LogP contribution in [-0.2, 0) is 0 Å². The molecule has 0 amide bonds. The molecule has 0 bridgehead atoms. The monoisotopic (exact) mass is 464 g/mol. The molecule has 164 valence electrons. The van der Waals surface area contributed by atoms with Crippen molar-refractivity contribution in [2.75, 3.05) is 33.2 Å². The zero-order valence-electron chi connectivity index (χ0n) is 18.6. The van der Waals surface area contributed by atoms with E-state index in [4.69, 9.17) is 0 Å². The summed E-state index contributed by atoms with van der Waals surface area (Å²) in [6.07, 6.45) is 12.6. The Morgan fingerprint density at radius 1 is 0.966 bits per heavy atom. The maximum atomic E-state index is 10.7. The SMILES string of the molecule is CC(c1cccc(Br)c1)C1(O)CCCCC1.CN1CCC(N2CCCCC2)CC1. The summed E-state index contributed by atoms with van der Waals surface area (Å²) in [5, 5.41) is 10.7. The number of likely N-dealkylation sites (tertiary alicyclic amines) is 2. The minimum Gasteiger partial charge on any atom is -0.389 e. The van der Waals surface area contributed by atoms with Crippen LogP contribution >= 0.6 is 15.9 Å². The molecule has 0 aromatic heterocycles. The highest BCUT2D eigenvalue weighted by molar-refractivity contribution is 9.10. The number of rotatable bonds is 3. The number of hydrogen-bond donors (Lipinski definition) is 1. The first kappa shape index (κ1) is 23.2. The summed E-state index contributed by atoms with van der Waals surface area (Å²) < 4.78 is 1.09. The van der Waals surface area contributed by atoms with E-state index >= 15 is 0 Å². The van der Waals surface area contributed by atoms with E-state index in [1.165, 1.54) is 70.3 Å². The fourth-order valence-corrected chi connectivity index (χ4v) is 5.74. The van der Waals surface area contributed by atoms with Crippen LogP contribution in [0.1, 0.15) is 82.6 Å². The molecule has 1 aromatic rings. The van der Waals surface area contributed by atoms with Crippen molar-refractivity contribution in [2.45, 2.75) is 88.7 Å². The maximum Gasteiger partial charge on any atom is 0.0713 e. The van der Waals surface area contributed by atoms with E-state index in [9.17, 15) is 5.11 Å². The van der Waals surface area contributed by atoms with Gasteiger partial charge in [-0.15, -0.1) is 0 Å². The summed E-state index contributed by atoms with van der Waals surface area (Å²) in [7, 11) is 2.24. The van der Waals surface area contributed by atoms with E-state index in [0.29, 0.717) is 0 Å². The lowest BCUT2D eigenvalue weighted by Gasteiger charge is -2.39. The van der Waals surface area contributed by atoms with Crippen molar-refractivity contribution in [3.63, 3.8) is 0 Å². The lowest BCUT2D eigenvalue weighted by molar-refractivity contribution is -0.0168. The first-order valence-electron chi connectivity index (χ1n) is 11.9. The van der Waals surface area contributed by atoms with E-state index in [1.54, 1.807) is 0 Å². The standard InChI is InChI=1S/C14H19BrO.C11H22N2/c1-11(12-6-5-7-13(15)10-12)14(16)8-3-2-4-9-14;1-12-9-5-11(6-10-12)13-7-3-2-4-8-13/h5-7,10-11,16H,2-4,8-9H2,1H3;11H,2-10H2,1H3. The van der Waals surface area contributed by atoms with Crippen molar-refractivity contribution in [3.05, 3.63) is 34.3 Å². The summed E-state index contributed by atoms with van der Waals surface area (Å²) in [6, 6.07) is 9.22. The van der Waals surface area contributed by atoms with Gasteiger partial charge in [-0.1, -0.05) is 60.7 Å². The Kier molecular flexibility index (Phi) is 9.03. The van der Waals surface area contributed by atoms with E-state index in [0.717, 1.165) is 36.2 Å². The zero-order chi connectivity index (χ0) is 20.7. The van der Waals surface area contributed by atoms with Crippen LogP contribution in [-0.4, -0.2) is 59.8 Å². The highest BCUT2D eigenvalue weighted by atomic mass is 79.9. The van der Waals surface area contributed by atoms with Crippen LogP contribution < -0.4 is 0 Å². The van der Waals surface area contributed by atoms with Crippen LogP contribution in [0.2, 0.25) is 0 Å². The van der Waals surface area contributed by atoms with Gasteiger partial charge in [-0.2, -0.15) is 0 Å². The highest BCUT2D eigenvalue weighted by Crippen LogP contribution is 2.40. The molecule has 0 spiro atoms. The number of nitrogens with zero attached hydrogens (tertiary/aromatic N) is 2. The van der Waals surface area contributed by atoms with Gasteiger partial charge in [-0.05, 0) is 89.4 Å². The van der Waals surface area contributed by atoms with E-state index in [2.05, 4.69) is 51.8 Å². The van der Waals surface area contributed by atoms with Crippen molar-refractivity contribution in [1.29, 1.82) is 0 Å². The van der Waals surface area contributed by atoms with Crippen LogP contribution in [0.4, 0.5) is 0 Å². The second-order valence-corrected chi connectivity index (χ2v) is 10.5. The zero-order valence-corrected chi connectivity index (χ0v) is 20.2. The minimum absolute atomic E-state index is 0.227. The normalized spacial score (nSPS) is 25.1. The van der Waals surface area contributed by atoms with Crippen LogP contribution in [0.3, 0.4) is 0 Å². The van der Waals surface area contributed by atoms with Crippen molar-refractivity contribution < 1.29 is 5.11 Å². The maximum absolute atomic E-state index is 10.7. The fraction of sp³-hybridized carbons (Fsp3) is 0.760. The molecule has 4 heteroatoms. The molecule has 29 heavy (non-hydrogen) atoms. The molecule has 1 N–H and O–H groups in total. The smallest absolute Gasteiger partial charge is 0.0713 e. The van der Waals surface area contributed by atoms with E-state index in [-0.39, 0.29) is 5.92 Å². The number of piperidine rings is 2. The average Bonchev–Trinajstić information content (AvgIpc) is 2.75. The molecule has 2 heterocycles. The molecule has 1 aromatic carbocycles. The van der Waals surface area contributed by atoms with Gasteiger partial charge in [0.2, 0.25) is 0 Å². The lowest BCUT2D eigenvalue weighted by Crippen LogP contribution is -2.45. The largest absolute Gasteiger partial charge is 0.389 e. The lowest BCUT2D eigenvalue weighted by atomic mass is 9.74. The molecule has 0 radical (unpaired) electrons. The molecule has 1 atom stereocenters. The van der Waals surface area contributed by atoms with Gasteiger partial charge in [0, 0.05) is 16.4 Å². The number of benzene rings is 1. The third-order valence-electron chi connectivity index (χ3n) is 7.47. The predicted octanol–water partition coefficient (Wildman–Crippen LogP) is 5.81. The molecule has 3 fully saturated rings. The quantitative estimate of drug-likeness (QED) is 0.610. The third-order valence-corrected chi connectivity index (χ3v) is 7.96. The van der Waals surface area contributed by atoms with Gasteiger partial charge < -0.3 is 14.9 Å². The van der Waals surface area contributed by atoms with Gasteiger partial charge >= 0.3 is 0 Å². The van der Waals surface area contributed by atoms with Crippen LogP contribution in [0.25, 0.3) is 0 Å². The van der Waals surface area contributed by atoms with Gasteiger partial charge in [0.25, 0.3) is 0 Å². The second kappa shape index (κ2) is 11.3. The van der Waals surface area contributed by atoms with Gasteiger partial charge in [-0.3, -0.25) is 0 Å². The Balaban J connectivity index is 0.000000169. The van der Waals surface area contributed by atoms with Gasteiger partial charge in [0.05, 0.1) is 5.60 Å². The van der Waals surface area contributed by atoms with Crippen LogP contribution in [0.5, 0.6) is 0 Å². The summed E-state index contributed by atoms with van der Waals surface area (Å²) in [4.78, 5) is 5.19. The molecule has 3 nitrogen and oxygen atoms in total. The van der Waals surface area contributed by atoms with Crippen molar-refractivity contribution >= 4 is 15.9 Å². The van der Waals surface area contributed by atoms with Gasteiger partial charge in [-0.25, -0.2) is 0 Å². The molecule has 1 unspecified atom stereocenters. The number of halogens is 1. The van der Waals surface area contributed by atoms with Crippen molar-refractivity contribution in [3.8, 4) is 0 Å². The van der Waals surface area contributed by atoms with Crippen molar-refractivity contribution in [1.82, 2.24) is 9.80 Å². The molecule has 3 aliphatic rings. The molecular formula is C25H41BrN2O. The molecule has 2 aliphatic heterocycles. The summed E-state index contributed by atoms with van der Waals surface area (Å²) >= 11 is 3.49. The molecule has 1 saturated carbocycles.